The number of carboxylic acid groups (broad SMARTS) is 1. The van der Waals surface area contributed by atoms with Gasteiger partial charge in [0.05, 0.1) is 5.92 Å². The lowest BCUT2D eigenvalue weighted by molar-refractivity contribution is -0.142. The molecule has 1 fully saturated rings. The number of benzene rings is 1. The van der Waals surface area contributed by atoms with Crippen LogP contribution in [0, 0.1) is 11.8 Å². The molecule has 0 saturated heterocycles. The predicted molar refractivity (Wildman–Crippen MR) is 71.6 cm³/mol. The summed E-state index contributed by atoms with van der Waals surface area (Å²) in [6, 6.07) is 7.28. The first-order chi connectivity index (χ1) is 8.59. The second-order valence-corrected chi connectivity index (χ2v) is 5.60. The normalized spacial score (nSPS) is 22.9. The van der Waals surface area contributed by atoms with Gasteiger partial charge in [0, 0.05) is 16.5 Å². The Labute approximate surface area is 114 Å². The summed E-state index contributed by atoms with van der Waals surface area (Å²) in [4.78, 5) is 23.2. The minimum absolute atomic E-state index is 0.0119. The molecule has 0 spiro atoms. The van der Waals surface area contributed by atoms with E-state index in [-0.39, 0.29) is 17.6 Å². The van der Waals surface area contributed by atoms with E-state index < -0.39 is 5.97 Å². The SMILES string of the molecule is O=C(C[C@@H]1CCC[C@H]1C(=O)O)c1ccccc1Br. The Hall–Kier alpha value is -1.16. The summed E-state index contributed by atoms with van der Waals surface area (Å²) in [5.41, 5.74) is 0.647. The van der Waals surface area contributed by atoms with Gasteiger partial charge in [0.1, 0.15) is 0 Å². The molecule has 2 atom stereocenters. The van der Waals surface area contributed by atoms with Crippen LogP contribution in [-0.2, 0) is 4.79 Å². The fourth-order valence-electron chi connectivity index (χ4n) is 2.64. The standard InChI is InChI=1S/C14H15BrO3/c15-12-7-2-1-5-11(12)13(16)8-9-4-3-6-10(9)14(17)18/h1-2,5,7,9-10H,3-4,6,8H2,(H,17,18)/t9-,10+/m0/s1. The predicted octanol–water partition coefficient (Wildman–Crippen LogP) is 3.52. The van der Waals surface area contributed by atoms with Gasteiger partial charge in [-0.1, -0.05) is 40.5 Å². The minimum Gasteiger partial charge on any atom is -0.481 e. The third kappa shape index (κ3) is 2.80. The number of ketones is 1. The highest BCUT2D eigenvalue weighted by molar-refractivity contribution is 9.10. The van der Waals surface area contributed by atoms with Crippen LogP contribution in [0.3, 0.4) is 0 Å². The second-order valence-electron chi connectivity index (χ2n) is 4.74. The van der Waals surface area contributed by atoms with Gasteiger partial charge in [-0.05, 0) is 24.8 Å². The third-order valence-electron chi connectivity index (χ3n) is 3.60. The molecule has 2 rings (SSSR count). The van der Waals surface area contributed by atoms with E-state index in [0.29, 0.717) is 18.4 Å². The van der Waals surface area contributed by atoms with Crippen molar-refractivity contribution in [1.82, 2.24) is 0 Å². The molecule has 1 aliphatic rings. The van der Waals surface area contributed by atoms with Crippen LogP contribution in [0.25, 0.3) is 0 Å². The molecule has 1 aromatic carbocycles. The van der Waals surface area contributed by atoms with E-state index in [1.54, 1.807) is 6.07 Å². The number of hydrogen-bond donors (Lipinski definition) is 1. The zero-order chi connectivity index (χ0) is 13.1. The average molecular weight is 311 g/mol. The lowest BCUT2D eigenvalue weighted by Crippen LogP contribution is -2.21. The van der Waals surface area contributed by atoms with E-state index in [0.717, 1.165) is 17.3 Å². The Bertz CT molecular complexity index is 470. The van der Waals surface area contributed by atoms with Crippen molar-refractivity contribution in [2.75, 3.05) is 0 Å². The van der Waals surface area contributed by atoms with E-state index in [9.17, 15) is 9.59 Å². The van der Waals surface area contributed by atoms with Crippen molar-refractivity contribution in [3.8, 4) is 0 Å². The molecule has 1 saturated carbocycles. The maximum atomic E-state index is 12.2. The van der Waals surface area contributed by atoms with Gasteiger partial charge in [-0.3, -0.25) is 9.59 Å². The molecule has 0 amide bonds. The fourth-order valence-corrected chi connectivity index (χ4v) is 3.15. The number of carboxylic acids is 1. The lowest BCUT2D eigenvalue weighted by Gasteiger charge is -2.15. The minimum atomic E-state index is -0.766. The summed E-state index contributed by atoms with van der Waals surface area (Å²) in [5.74, 6) is -1.10. The van der Waals surface area contributed by atoms with E-state index in [2.05, 4.69) is 15.9 Å². The van der Waals surface area contributed by atoms with E-state index >= 15 is 0 Å². The molecule has 96 valence electrons. The van der Waals surface area contributed by atoms with Crippen molar-refractivity contribution in [2.45, 2.75) is 25.7 Å². The van der Waals surface area contributed by atoms with Crippen molar-refractivity contribution >= 4 is 27.7 Å². The van der Waals surface area contributed by atoms with Crippen LogP contribution in [0.5, 0.6) is 0 Å². The van der Waals surface area contributed by atoms with Crippen LogP contribution in [0.15, 0.2) is 28.7 Å². The lowest BCUT2D eigenvalue weighted by atomic mass is 9.89. The maximum absolute atomic E-state index is 12.2. The topological polar surface area (TPSA) is 54.4 Å². The smallest absolute Gasteiger partial charge is 0.306 e. The number of Topliss-reactive ketones (excluding diaryl/α,β-unsaturated/α-hetero) is 1. The zero-order valence-electron chi connectivity index (χ0n) is 9.93. The molecule has 0 unspecified atom stereocenters. The van der Waals surface area contributed by atoms with Gasteiger partial charge in [0.15, 0.2) is 5.78 Å². The monoisotopic (exact) mass is 310 g/mol. The largest absolute Gasteiger partial charge is 0.481 e. The molecule has 1 aromatic rings. The van der Waals surface area contributed by atoms with Crippen molar-refractivity contribution < 1.29 is 14.7 Å². The number of carbonyl (C=O) groups is 2. The highest BCUT2D eigenvalue weighted by Gasteiger charge is 2.34. The van der Waals surface area contributed by atoms with Crippen LogP contribution >= 0.6 is 15.9 Å². The molecule has 0 heterocycles. The van der Waals surface area contributed by atoms with Gasteiger partial charge in [0.2, 0.25) is 0 Å². The van der Waals surface area contributed by atoms with Crippen molar-refractivity contribution in [3.63, 3.8) is 0 Å². The molecular formula is C14H15BrO3. The molecule has 4 heteroatoms. The van der Waals surface area contributed by atoms with Crippen LogP contribution in [0.4, 0.5) is 0 Å². The third-order valence-corrected chi connectivity index (χ3v) is 4.29. The van der Waals surface area contributed by atoms with Gasteiger partial charge in [-0.25, -0.2) is 0 Å². The van der Waals surface area contributed by atoms with Crippen LogP contribution in [0.2, 0.25) is 0 Å². The highest BCUT2D eigenvalue weighted by atomic mass is 79.9. The summed E-state index contributed by atoms with van der Waals surface area (Å²) < 4.78 is 0.778. The van der Waals surface area contributed by atoms with Gasteiger partial charge < -0.3 is 5.11 Å². The van der Waals surface area contributed by atoms with Gasteiger partial charge in [-0.15, -0.1) is 0 Å². The second kappa shape index (κ2) is 5.65. The Morgan fingerprint density at radius 2 is 2.00 bits per heavy atom. The van der Waals surface area contributed by atoms with Gasteiger partial charge in [-0.2, -0.15) is 0 Å². The first kappa shape index (κ1) is 13.3. The molecule has 18 heavy (non-hydrogen) atoms. The molecule has 1 N–H and O–H groups in total. The fraction of sp³-hybridized carbons (Fsp3) is 0.429. The van der Waals surface area contributed by atoms with Crippen molar-refractivity contribution in [1.29, 1.82) is 0 Å². The van der Waals surface area contributed by atoms with E-state index in [1.807, 2.05) is 18.2 Å². The molecule has 0 bridgehead atoms. The number of halogens is 1. The number of carbonyl (C=O) groups excluding carboxylic acids is 1. The molecule has 3 nitrogen and oxygen atoms in total. The van der Waals surface area contributed by atoms with Crippen LogP contribution < -0.4 is 0 Å². The Kier molecular flexibility index (Phi) is 4.17. The Balaban J connectivity index is 2.08. The van der Waals surface area contributed by atoms with E-state index in [1.165, 1.54) is 0 Å². The molecule has 0 radical (unpaired) electrons. The van der Waals surface area contributed by atoms with Crippen molar-refractivity contribution in [2.24, 2.45) is 11.8 Å². The van der Waals surface area contributed by atoms with Gasteiger partial charge >= 0.3 is 5.97 Å². The molecule has 1 aliphatic carbocycles. The van der Waals surface area contributed by atoms with Crippen molar-refractivity contribution in [3.05, 3.63) is 34.3 Å². The average Bonchev–Trinajstić information content (AvgIpc) is 2.77. The maximum Gasteiger partial charge on any atom is 0.306 e. The molecule has 0 aromatic heterocycles. The summed E-state index contributed by atoms with van der Waals surface area (Å²) in [6.45, 7) is 0. The van der Waals surface area contributed by atoms with E-state index in [4.69, 9.17) is 5.11 Å². The molecule has 0 aliphatic heterocycles. The number of rotatable bonds is 4. The van der Waals surface area contributed by atoms with Crippen LogP contribution in [-0.4, -0.2) is 16.9 Å². The summed E-state index contributed by atoms with van der Waals surface area (Å²) in [6.07, 6.45) is 2.78. The Morgan fingerprint density at radius 1 is 1.28 bits per heavy atom. The summed E-state index contributed by atoms with van der Waals surface area (Å²) >= 11 is 3.35. The summed E-state index contributed by atoms with van der Waals surface area (Å²) in [5, 5.41) is 9.10. The number of aliphatic carboxylic acids is 1. The first-order valence-corrected chi connectivity index (χ1v) is 6.89. The molecular weight excluding hydrogens is 296 g/mol. The first-order valence-electron chi connectivity index (χ1n) is 6.10. The Morgan fingerprint density at radius 3 is 2.67 bits per heavy atom. The highest BCUT2D eigenvalue weighted by Crippen LogP contribution is 2.35. The summed E-state index contributed by atoms with van der Waals surface area (Å²) in [7, 11) is 0. The van der Waals surface area contributed by atoms with Crippen LogP contribution in [0.1, 0.15) is 36.0 Å². The number of hydrogen-bond acceptors (Lipinski definition) is 2. The van der Waals surface area contributed by atoms with Gasteiger partial charge in [0.25, 0.3) is 0 Å². The zero-order valence-corrected chi connectivity index (χ0v) is 11.5. The quantitative estimate of drug-likeness (QED) is 0.866.